The van der Waals surface area contributed by atoms with Crippen molar-refractivity contribution in [3.63, 3.8) is 0 Å². The minimum atomic E-state index is -3.12. The predicted octanol–water partition coefficient (Wildman–Crippen LogP) is 2.74. The van der Waals surface area contributed by atoms with Gasteiger partial charge in [-0.3, -0.25) is 4.79 Å². The fourth-order valence-electron chi connectivity index (χ4n) is 3.87. The van der Waals surface area contributed by atoms with Gasteiger partial charge in [0, 0.05) is 16.8 Å². The Labute approximate surface area is 194 Å². The molecular weight excluding hydrogens is 476 g/mol. The van der Waals surface area contributed by atoms with E-state index in [4.69, 9.17) is 25.8 Å². The number of sulfone groups is 1. The molecule has 0 saturated carbocycles. The van der Waals surface area contributed by atoms with Crippen molar-refractivity contribution in [1.82, 2.24) is 4.90 Å². The number of aliphatic imine (C=N–C) groups is 1. The molecule has 0 bridgehead atoms. The van der Waals surface area contributed by atoms with Gasteiger partial charge in [0.25, 0.3) is 5.91 Å². The molecule has 0 N–H and O–H groups in total. The third kappa shape index (κ3) is 4.53. The van der Waals surface area contributed by atoms with E-state index in [1.165, 1.54) is 11.8 Å². The lowest BCUT2D eigenvalue weighted by Gasteiger charge is -2.24. The third-order valence-electron chi connectivity index (χ3n) is 5.36. The first-order valence-corrected chi connectivity index (χ1v) is 13.0. The fourth-order valence-corrected chi connectivity index (χ4v) is 7.97. The molecule has 3 heterocycles. The summed E-state index contributed by atoms with van der Waals surface area (Å²) < 4.78 is 40.7. The molecule has 11 heteroatoms. The molecule has 2 aromatic rings. The van der Waals surface area contributed by atoms with E-state index in [-0.39, 0.29) is 36.2 Å². The van der Waals surface area contributed by atoms with Gasteiger partial charge in [0.15, 0.2) is 33.1 Å². The highest BCUT2D eigenvalue weighted by molar-refractivity contribution is 8.15. The first-order valence-electron chi connectivity index (χ1n) is 9.88. The highest BCUT2D eigenvalue weighted by atomic mass is 35.5. The van der Waals surface area contributed by atoms with Crippen molar-refractivity contribution in [2.45, 2.75) is 17.8 Å². The number of thioether (sulfide) groups is 1. The molecule has 3 aliphatic rings. The Balaban J connectivity index is 1.34. The summed E-state index contributed by atoms with van der Waals surface area (Å²) in [7, 11) is -3.12. The first kappa shape index (κ1) is 21.4. The zero-order valence-corrected chi connectivity index (χ0v) is 19.2. The molecule has 2 saturated heterocycles. The number of fused-ring (bicyclic) bond motifs is 2. The number of hydrogen-bond acceptors (Lipinski definition) is 7. The molecule has 2 fully saturated rings. The Kier molecular flexibility index (Phi) is 5.68. The maximum Gasteiger partial charge on any atom is 0.285 e. The van der Waals surface area contributed by atoms with Crippen LogP contribution in [0.15, 0.2) is 47.5 Å². The van der Waals surface area contributed by atoms with Crippen LogP contribution in [0.2, 0.25) is 5.02 Å². The predicted molar refractivity (Wildman–Crippen MR) is 121 cm³/mol. The van der Waals surface area contributed by atoms with E-state index in [1.807, 2.05) is 23.1 Å². The summed E-state index contributed by atoms with van der Waals surface area (Å²) >= 11 is 7.19. The topological polar surface area (TPSA) is 94.5 Å². The van der Waals surface area contributed by atoms with Gasteiger partial charge in [-0.25, -0.2) is 8.42 Å². The standard InChI is InChI=1S/C21H19ClN2O6S2/c22-14-2-4-15(5-3-14)28-9-20(25)23-21-24(16-10-32(26,27)11-19(16)31-21)8-13-1-6-17-18(7-13)30-12-29-17/h1-7,16,19H,8-12H2. The van der Waals surface area contributed by atoms with E-state index in [9.17, 15) is 13.2 Å². The van der Waals surface area contributed by atoms with Crippen LogP contribution >= 0.6 is 23.4 Å². The molecule has 8 nitrogen and oxygen atoms in total. The molecule has 32 heavy (non-hydrogen) atoms. The van der Waals surface area contributed by atoms with Crippen LogP contribution in [0, 0.1) is 0 Å². The van der Waals surface area contributed by atoms with Gasteiger partial charge >= 0.3 is 0 Å². The van der Waals surface area contributed by atoms with Gasteiger partial charge in [-0.1, -0.05) is 29.4 Å². The molecule has 0 aliphatic carbocycles. The van der Waals surface area contributed by atoms with Crippen LogP contribution < -0.4 is 14.2 Å². The minimum absolute atomic E-state index is 0.0453. The van der Waals surface area contributed by atoms with Gasteiger partial charge < -0.3 is 19.1 Å². The van der Waals surface area contributed by atoms with Crippen molar-refractivity contribution in [2.75, 3.05) is 24.9 Å². The summed E-state index contributed by atoms with van der Waals surface area (Å²) in [6, 6.07) is 12.1. The van der Waals surface area contributed by atoms with Gasteiger partial charge in [0.1, 0.15) is 5.75 Å². The Morgan fingerprint density at radius 1 is 1.16 bits per heavy atom. The second-order valence-electron chi connectivity index (χ2n) is 7.65. The molecule has 2 aromatic carbocycles. The van der Waals surface area contributed by atoms with E-state index in [2.05, 4.69) is 4.99 Å². The second kappa shape index (κ2) is 8.49. The average Bonchev–Trinajstić information content (AvgIpc) is 3.41. The molecule has 168 valence electrons. The lowest BCUT2D eigenvalue weighted by molar-refractivity contribution is -0.119. The van der Waals surface area contributed by atoms with Gasteiger partial charge in [-0.05, 0) is 42.0 Å². The van der Waals surface area contributed by atoms with E-state index in [0.29, 0.717) is 34.0 Å². The quantitative estimate of drug-likeness (QED) is 0.626. The summed E-state index contributed by atoms with van der Waals surface area (Å²) in [4.78, 5) is 18.7. The number of amides is 1. The maximum atomic E-state index is 12.5. The van der Waals surface area contributed by atoms with Gasteiger partial charge in [-0.2, -0.15) is 4.99 Å². The number of ether oxygens (including phenoxy) is 3. The normalized spacial score (nSPS) is 24.0. The Bertz CT molecular complexity index is 1190. The number of rotatable bonds is 5. The summed E-state index contributed by atoms with van der Waals surface area (Å²) in [6.07, 6.45) is 0. The van der Waals surface area contributed by atoms with Crippen molar-refractivity contribution in [2.24, 2.45) is 4.99 Å². The van der Waals surface area contributed by atoms with Crippen LogP contribution in [0.5, 0.6) is 17.2 Å². The number of carbonyl (C=O) groups excluding carboxylic acids is 1. The molecule has 1 amide bonds. The summed E-state index contributed by atoms with van der Waals surface area (Å²) in [5, 5.41) is 0.932. The van der Waals surface area contributed by atoms with Crippen LogP contribution in [0.1, 0.15) is 5.56 Å². The number of halogens is 1. The average molecular weight is 495 g/mol. The molecule has 2 unspecified atom stereocenters. The smallest absolute Gasteiger partial charge is 0.285 e. The third-order valence-corrected chi connectivity index (χ3v) is 8.86. The number of hydrogen-bond donors (Lipinski definition) is 0. The van der Waals surface area contributed by atoms with E-state index < -0.39 is 15.7 Å². The Morgan fingerprint density at radius 3 is 2.75 bits per heavy atom. The Hall–Kier alpha value is -2.43. The molecule has 5 rings (SSSR count). The largest absolute Gasteiger partial charge is 0.484 e. The Morgan fingerprint density at radius 2 is 1.94 bits per heavy atom. The SMILES string of the molecule is O=C(COc1ccc(Cl)cc1)N=C1SC2CS(=O)(=O)CC2N1Cc1ccc2c(c1)OCO2. The van der Waals surface area contributed by atoms with Gasteiger partial charge in [-0.15, -0.1) is 0 Å². The van der Waals surface area contributed by atoms with Crippen molar-refractivity contribution >= 4 is 44.3 Å². The minimum Gasteiger partial charge on any atom is -0.484 e. The molecule has 2 atom stereocenters. The van der Waals surface area contributed by atoms with Crippen molar-refractivity contribution in [1.29, 1.82) is 0 Å². The molecule has 3 aliphatic heterocycles. The van der Waals surface area contributed by atoms with E-state index in [1.54, 1.807) is 24.3 Å². The van der Waals surface area contributed by atoms with Crippen molar-refractivity contribution in [3.8, 4) is 17.2 Å². The number of amidine groups is 1. The monoisotopic (exact) mass is 494 g/mol. The lowest BCUT2D eigenvalue weighted by Crippen LogP contribution is -2.37. The molecule has 0 spiro atoms. The fraction of sp³-hybridized carbons (Fsp3) is 0.333. The first-order chi connectivity index (χ1) is 15.4. The van der Waals surface area contributed by atoms with Crippen LogP contribution in [0.4, 0.5) is 0 Å². The van der Waals surface area contributed by atoms with E-state index >= 15 is 0 Å². The summed E-state index contributed by atoms with van der Waals surface area (Å²) in [6.45, 7) is 0.359. The highest BCUT2D eigenvalue weighted by Gasteiger charge is 2.48. The van der Waals surface area contributed by atoms with Crippen molar-refractivity contribution < 1.29 is 27.4 Å². The maximum absolute atomic E-state index is 12.5. The van der Waals surface area contributed by atoms with Crippen LogP contribution in [-0.4, -0.2) is 60.6 Å². The van der Waals surface area contributed by atoms with Crippen molar-refractivity contribution in [3.05, 3.63) is 53.1 Å². The number of nitrogens with zero attached hydrogens (tertiary/aromatic N) is 2. The highest BCUT2D eigenvalue weighted by Crippen LogP contribution is 2.40. The van der Waals surface area contributed by atoms with Gasteiger partial charge in [0.05, 0.1) is 17.5 Å². The molecular formula is C21H19ClN2O6S2. The number of benzene rings is 2. The van der Waals surface area contributed by atoms with Crippen LogP contribution in [-0.2, 0) is 21.2 Å². The molecule has 0 aromatic heterocycles. The summed E-state index contributed by atoms with van der Waals surface area (Å²) in [5.74, 6) is 1.52. The number of carbonyl (C=O) groups is 1. The van der Waals surface area contributed by atoms with Crippen LogP contribution in [0.25, 0.3) is 0 Å². The zero-order valence-electron chi connectivity index (χ0n) is 16.8. The van der Waals surface area contributed by atoms with Gasteiger partial charge in [0.2, 0.25) is 6.79 Å². The zero-order chi connectivity index (χ0) is 22.3. The second-order valence-corrected chi connectivity index (χ2v) is 11.4. The molecule has 0 radical (unpaired) electrons. The van der Waals surface area contributed by atoms with E-state index in [0.717, 1.165) is 5.56 Å². The lowest BCUT2D eigenvalue weighted by atomic mass is 10.1. The van der Waals surface area contributed by atoms with Crippen LogP contribution in [0.3, 0.4) is 0 Å². The summed E-state index contributed by atoms with van der Waals surface area (Å²) in [5.41, 5.74) is 0.914.